The summed E-state index contributed by atoms with van der Waals surface area (Å²) < 4.78 is 38.2. The molecule has 1 fully saturated rings. The third-order valence-corrected chi connectivity index (χ3v) is 4.85. The maximum Gasteiger partial charge on any atom is 0.416 e. The minimum absolute atomic E-state index is 0.0419. The first-order valence-corrected chi connectivity index (χ1v) is 9.31. The average Bonchev–Trinajstić information content (AvgIpc) is 3.44. The SMILES string of the molecule is O=C(CSc1cccc(C(F)(F)F)c1)Nc1cccc(C(=O)NC2CC2)c1. The third-order valence-electron chi connectivity index (χ3n) is 3.85. The molecule has 0 heterocycles. The Balaban J connectivity index is 1.56. The molecule has 0 bridgehead atoms. The van der Waals surface area contributed by atoms with Crippen LogP contribution in [0.25, 0.3) is 0 Å². The monoisotopic (exact) mass is 394 g/mol. The molecular weight excluding hydrogens is 377 g/mol. The van der Waals surface area contributed by atoms with Gasteiger partial charge in [-0.05, 0) is 49.2 Å². The quantitative estimate of drug-likeness (QED) is 0.717. The Hall–Kier alpha value is -2.48. The number of alkyl halides is 3. The van der Waals surface area contributed by atoms with Crippen molar-refractivity contribution in [2.45, 2.75) is 30.0 Å². The fraction of sp³-hybridized carbons (Fsp3) is 0.263. The van der Waals surface area contributed by atoms with Crippen LogP contribution in [-0.2, 0) is 11.0 Å². The van der Waals surface area contributed by atoms with Crippen molar-refractivity contribution >= 4 is 29.3 Å². The Morgan fingerprint density at radius 2 is 1.81 bits per heavy atom. The summed E-state index contributed by atoms with van der Waals surface area (Å²) in [7, 11) is 0. The molecule has 0 radical (unpaired) electrons. The Bertz CT molecular complexity index is 851. The second-order valence-corrected chi connectivity index (χ2v) is 7.24. The lowest BCUT2D eigenvalue weighted by Crippen LogP contribution is -2.25. The van der Waals surface area contributed by atoms with Gasteiger partial charge in [-0.1, -0.05) is 12.1 Å². The van der Waals surface area contributed by atoms with Gasteiger partial charge < -0.3 is 10.6 Å². The van der Waals surface area contributed by atoms with Gasteiger partial charge in [-0.15, -0.1) is 11.8 Å². The molecule has 2 aromatic rings. The van der Waals surface area contributed by atoms with Crippen LogP contribution in [0, 0.1) is 0 Å². The van der Waals surface area contributed by atoms with Gasteiger partial charge in [0.15, 0.2) is 0 Å². The number of nitrogens with one attached hydrogen (secondary N) is 2. The zero-order chi connectivity index (χ0) is 19.4. The van der Waals surface area contributed by atoms with E-state index in [0.717, 1.165) is 36.7 Å². The van der Waals surface area contributed by atoms with Crippen molar-refractivity contribution in [2.75, 3.05) is 11.1 Å². The molecule has 4 nitrogen and oxygen atoms in total. The highest BCUT2D eigenvalue weighted by Crippen LogP contribution is 2.31. The zero-order valence-electron chi connectivity index (χ0n) is 14.2. The highest BCUT2D eigenvalue weighted by molar-refractivity contribution is 8.00. The van der Waals surface area contributed by atoms with Crippen LogP contribution in [0.4, 0.5) is 18.9 Å². The van der Waals surface area contributed by atoms with Gasteiger partial charge in [0.2, 0.25) is 5.91 Å². The molecule has 142 valence electrons. The number of hydrogen-bond acceptors (Lipinski definition) is 3. The van der Waals surface area contributed by atoms with Crippen LogP contribution in [0.2, 0.25) is 0 Å². The van der Waals surface area contributed by atoms with Gasteiger partial charge in [0.1, 0.15) is 0 Å². The predicted molar refractivity (Wildman–Crippen MR) is 97.7 cm³/mol. The molecule has 27 heavy (non-hydrogen) atoms. The topological polar surface area (TPSA) is 58.2 Å². The summed E-state index contributed by atoms with van der Waals surface area (Å²) in [4.78, 5) is 24.5. The van der Waals surface area contributed by atoms with Crippen LogP contribution < -0.4 is 10.6 Å². The van der Waals surface area contributed by atoms with Gasteiger partial charge in [0.05, 0.1) is 11.3 Å². The van der Waals surface area contributed by atoms with Crippen LogP contribution in [0.5, 0.6) is 0 Å². The van der Waals surface area contributed by atoms with E-state index in [-0.39, 0.29) is 23.6 Å². The number of halogens is 3. The molecule has 3 rings (SSSR count). The maximum atomic E-state index is 12.7. The number of carbonyl (C=O) groups is 2. The van der Waals surface area contributed by atoms with Crippen molar-refractivity contribution in [1.82, 2.24) is 5.32 Å². The lowest BCUT2D eigenvalue weighted by molar-refractivity contribution is -0.137. The molecule has 0 aliphatic heterocycles. The zero-order valence-corrected chi connectivity index (χ0v) is 15.0. The van der Waals surface area contributed by atoms with Crippen molar-refractivity contribution in [2.24, 2.45) is 0 Å². The molecule has 2 amide bonds. The normalized spacial score (nSPS) is 13.9. The number of thioether (sulfide) groups is 1. The van der Waals surface area contributed by atoms with E-state index >= 15 is 0 Å². The first kappa shape index (κ1) is 19.3. The molecule has 1 saturated carbocycles. The molecule has 0 spiro atoms. The van der Waals surface area contributed by atoms with Crippen LogP contribution >= 0.6 is 11.8 Å². The lowest BCUT2D eigenvalue weighted by atomic mass is 10.2. The summed E-state index contributed by atoms with van der Waals surface area (Å²) in [5, 5.41) is 5.53. The van der Waals surface area contributed by atoms with Gasteiger partial charge in [-0.25, -0.2) is 0 Å². The van der Waals surface area contributed by atoms with Crippen LogP contribution in [0.3, 0.4) is 0 Å². The molecule has 1 aliphatic rings. The molecule has 8 heteroatoms. The number of amides is 2. The molecule has 2 N–H and O–H groups in total. The Morgan fingerprint density at radius 3 is 2.52 bits per heavy atom. The second-order valence-electron chi connectivity index (χ2n) is 6.19. The summed E-state index contributed by atoms with van der Waals surface area (Å²) in [6, 6.07) is 11.6. The van der Waals surface area contributed by atoms with E-state index in [1.54, 1.807) is 24.3 Å². The van der Waals surface area contributed by atoms with Crippen LogP contribution in [0.1, 0.15) is 28.8 Å². The van der Waals surface area contributed by atoms with Crippen molar-refractivity contribution < 1.29 is 22.8 Å². The number of carbonyl (C=O) groups excluding carboxylic acids is 2. The van der Waals surface area contributed by atoms with Gasteiger partial charge in [0, 0.05) is 22.2 Å². The number of anilines is 1. The fourth-order valence-corrected chi connectivity index (χ4v) is 3.10. The Morgan fingerprint density at radius 1 is 1.07 bits per heavy atom. The highest BCUT2D eigenvalue weighted by atomic mass is 32.2. The standard InChI is InChI=1S/C19H17F3N2O2S/c20-19(21,22)13-4-2-6-16(10-13)27-11-17(25)23-15-5-1-3-12(9-15)18(26)24-14-7-8-14/h1-6,9-10,14H,7-8,11H2,(H,23,25)(H,24,26). The summed E-state index contributed by atoms with van der Waals surface area (Å²) in [5.41, 5.74) is 0.167. The fourth-order valence-electron chi connectivity index (χ4n) is 2.34. The minimum atomic E-state index is -4.42. The minimum Gasteiger partial charge on any atom is -0.349 e. The summed E-state index contributed by atoms with van der Waals surface area (Å²) in [5.74, 6) is -0.594. The maximum absolute atomic E-state index is 12.7. The average molecular weight is 394 g/mol. The largest absolute Gasteiger partial charge is 0.416 e. The summed E-state index contributed by atoms with van der Waals surface area (Å²) >= 11 is 1.01. The molecule has 0 atom stereocenters. The Kier molecular flexibility index (Phi) is 5.74. The molecular formula is C19H17F3N2O2S. The first-order valence-electron chi connectivity index (χ1n) is 8.32. The van der Waals surface area contributed by atoms with E-state index in [1.165, 1.54) is 12.1 Å². The van der Waals surface area contributed by atoms with Gasteiger partial charge in [-0.2, -0.15) is 13.2 Å². The molecule has 0 aromatic heterocycles. The highest BCUT2D eigenvalue weighted by Gasteiger charge is 2.30. The van der Waals surface area contributed by atoms with Gasteiger partial charge in [0.25, 0.3) is 5.91 Å². The number of hydrogen-bond donors (Lipinski definition) is 2. The van der Waals surface area contributed by atoms with Crippen molar-refractivity contribution in [3.63, 3.8) is 0 Å². The Labute approximate surface area is 158 Å². The second kappa shape index (κ2) is 8.04. The summed E-state index contributed by atoms with van der Waals surface area (Å²) in [6.45, 7) is 0. The van der Waals surface area contributed by atoms with Crippen molar-refractivity contribution in [3.05, 3.63) is 59.7 Å². The van der Waals surface area contributed by atoms with E-state index < -0.39 is 11.7 Å². The van der Waals surface area contributed by atoms with E-state index in [0.29, 0.717) is 16.1 Å². The van der Waals surface area contributed by atoms with E-state index in [1.807, 2.05) is 0 Å². The van der Waals surface area contributed by atoms with E-state index in [2.05, 4.69) is 10.6 Å². The van der Waals surface area contributed by atoms with Crippen LogP contribution in [-0.4, -0.2) is 23.6 Å². The van der Waals surface area contributed by atoms with E-state index in [9.17, 15) is 22.8 Å². The predicted octanol–water partition coefficient (Wildman–Crippen LogP) is 4.33. The third kappa shape index (κ3) is 5.75. The molecule has 0 saturated heterocycles. The molecule has 0 unspecified atom stereocenters. The van der Waals surface area contributed by atoms with Crippen LogP contribution in [0.15, 0.2) is 53.4 Å². The molecule has 2 aromatic carbocycles. The van der Waals surface area contributed by atoms with Gasteiger partial charge >= 0.3 is 6.18 Å². The van der Waals surface area contributed by atoms with Gasteiger partial charge in [-0.3, -0.25) is 9.59 Å². The first-order chi connectivity index (χ1) is 12.8. The van der Waals surface area contributed by atoms with E-state index in [4.69, 9.17) is 0 Å². The summed E-state index contributed by atoms with van der Waals surface area (Å²) in [6.07, 6.45) is -2.45. The number of benzene rings is 2. The number of rotatable bonds is 6. The van der Waals surface area contributed by atoms with Crippen molar-refractivity contribution in [3.8, 4) is 0 Å². The molecule has 1 aliphatic carbocycles. The lowest BCUT2D eigenvalue weighted by Gasteiger charge is -2.09. The van der Waals surface area contributed by atoms with Crippen molar-refractivity contribution in [1.29, 1.82) is 0 Å². The smallest absolute Gasteiger partial charge is 0.349 e.